The maximum absolute atomic E-state index is 13.6. The van der Waals surface area contributed by atoms with Gasteiger partial charge in [0.25, 0.3) is 0 Å². The van der Waals surface area contributed by atoms with Gasteiger partial charge in [-0.15, -0.1) is 0 Å². The molecule has 0 spiro atoms. The van der Waals surface area contributed by atoms with Crippen LogP contribution in [0, 0.1) is 11.6 Å². The third-order valence-electron chi connectivity index (χ3n) is 3.04. The van der Waals surface area contributed by atoms with Crippen molar-refractivity contribution in [2.45, 2.75) is 18.6 Å². The van der Waals surface area contributed by atoms with Gasteiger partial charge in [0.15, 0.2) is 0 Å². The van der Waals surface area contributed by atoms with Crippen LogP contribution < -0.4 is 5.73 Å². The molecule has 0 aliphatic rings. The molecule has 2 rings (SSSR count). The Morgan fingerprint density at radius 2 is 1.53 bits per heavy atom. The molecular formula is C15H15F2NO. The van der Waals surface area contributed by atoms with Crippen LogP contribution in [-0.2, 0) is 6.42 Å². The molecule has 2 atom stereocenters. The number of nitrogens with two attached hydrogens (primary N) is 1. The molecule has 0 aromatic heterocycles. The predicted molar refractivity (Wildman–Crippen MR) is 69.4 cm³/mol. The van der Waals surface area contributed by atoms with Crippen LogP contribution in [0.25, 0.3) is 0 Å². The van der Waals surface area contributed by atoms with Gasteiger partial charge in [-0.3, -0.25) is 0 Å². The second-order valence-corrected chi connectivity index (χ2v) is 4.42. The highest BCUT2D eigenvalue weighted by atomic mass is 19.1. The Labute approximate surface area is 110 Å². The first-order valence-corrected chi connectivity index (χ1v) is 6.01. The topological polar surface area (TPSA) is 46.2 Å². The SMILES string of the molecule is N[C@@H](c1c(F)cccc1F)[C@H](O)Cc1ccccc1. The van der Waals surface area contributed by atoms with E-state index in [1.165, 1.54) is 6.07 Å². The van der Waals surface area contributed by atoms with Crippen molar-refractivity contribution in [3.05, 3.63) is 71.3 Å². The lowest BCUT2D eigenvalue weighted by Gasteiger charge is -2.20. The van der Waals surface area contributed by atoms with E-state index < -0.39 is 23.8 Å². The highest BCUT2D eigenvalue weighted by molar-refractivity contribution is 5.25. The third kappa shape index (κ3) is 3.16. The summed E-state index contributed by atoms with van der Waals surface area (Å²) in [6, 6.07) is 11.6. The molecule has 19 heavy (non-hydrogen) atoms. The van der Waals surface area contributed by atoms with Gasteiger partial charge in [0.1, 0.15) is 11.6 Å². The highest BCUT2D eigenvalue weighted by Crippen LogP contribution is 2.23. The zero-order chi connectivity index (χ0) is 13.8. The van der Waals surface area contributed by atoms with Crippen molar-refractivity contribution in [2.24, 2.45) is 5.73 Å². The van der Waals surface area contributed by atoms with Gasteiger partial charge in [-0.1, -0.05) is 36.4 Å². The van der Waals surface area contributed by atoms with Gasteiger partial charge in [0, 0.05) is 12.0 Å². The summed E-state index contributed by atoms with van der Waals surface area (Å²) in [5, 5.41) is 10.0. The number of hydrogen-bond acceptors (Lipinski definition) is 2. The van der Waals surface area contributed by atoms with E-state index in [2.05, 4.69) is 0 Å². The fourth-order valence-electron chi connectivity index (χ4n) is 2.00. The molecule has 4 heteroatoms. The van der Waals surface area contributed by atoms with E-state index in [1.54, 1.807) is 0 Å². The van der Waals surface area contributed by atoms with Crippen molar-refractivity contribution in [3.63, 3.8) is 0 Å². The van der Waals surface area contributed by atoms with Crippen LogP contribution in [0.15, 0.2) is 48.5 Å². The van der Waals surface area contributed by atoms with E-state index >= 15 is 0 Å². The average Bonchev–Trinajstić information content (AvgIpc) is 2.39. The van der Waals surface area contributed by atoms with Crippen LogP contribution in [0.2, 0.25) is 0 Å². The second-order valence-electron chi connectivity index (χ2n) is 4.42. The monoisotopic (exact) mass is 263 g/mol. The van der Waals surface area contributed by atoms with E-state index in [1.807, 2.05) is 30.3 Å². The van der Waals surface area contributed by atoms with Crippen LogP contribution in [0.1, 0.15) is 17.2 Å². The molecule has 100 valence electrons. The maximum Gasteiger partial charge on any atom is 0.131 e. The predicted octanol–water partition coefficient (Wildman–Crippen LogP) is 2.57. The number of aliphatic hydroxyl groups excluding tert-OH is 1. The quantitative estimate of drug-likeness (QED) is 0.890. The van der Waals surface area contributed by atoms with Crippen molar-refractivity contribution in [1.82, 2.24) is 0 Å². The summed E-state index contributed by atoms with van der Waals surface area (Å²) >= 11 is 0. The van der Waals surface area contributed by atoms with Gasteiger partial charge in [-0.05, 0) is 17.7 Å². The molecule has 0 unspecified atom stereocenters. The maximum atomic E-state index is 13.6. The molecule has 0 fully saturated rings. The summed E-state index contributed by atoms with van der Waals surface area (Å²) in [6.45, 7) is 0. The van der Waals surface area contributed by atoms with E-state index in [-0.39, 0.29) is 12.0 Å². The van der Waals surface area contributed by atoms with Gasteiger partial charge in [0.2, 0.25) is 0 Å². The van der Waals surface area contributed by atoms with Crippen LogP contribution in [0.5, 0.6) is 0 Å². The Bertz CT molecular complexity index is 525. The molecule has 0 aliphatic heterocycles. The zero-order valence-electron chi connectivity index (χ0n) is 10.3. The summed E-state index contributed by atoms with van der Waals surface area (Å²) in [7, 11) is 0. The molecule has 0 bridgehead atoms. The average molecular weight is 263 g/mol. The van der Waals surface area contributed by atoms with Gasteiger partial charge < -0.3 is 10.8 Å². The van der Waals surface area contributed by atoms with Crippen molar-refractivity contribution >= 4 is 0 Å². The smallest absolute Gasteiger partial charge is 0.131 e. The van der Waals surface area contributed by atoms with Crippen molar-refractivity contribution in [2.75, 3.05) is 0 Å². The fourth-order valence-corrected chi connectivity index (χ4v) is 2.00. The fraction of sp³-hybridized carbons (Fsp3) is 0.200. The zero-order valence-corrected chi connectivity index (χ0v) is 10.3. The highest BCUT2D eigenvalue weighted by Gasteiger charge is 2.23. The van der Waals surface area contributed by atoms with Crippen LogP contribution >= 0.6 is 0 Å². The Hall–Kier alpha value is -1.78. The lowest BCUT2D eigenvalue weighted by atomic mass is 9.96. The summed E-state index contributed by atoms with van der Waals surface area (Å²) in [5.74, 6) is -1.47. The van der Waals surface area contributed by atoms with Crippen molar-refractivity contribution < 1.29 is 13.9 Å². The van der Waals surface area contributed by atoms with E-state index in [4.69, 9.17) is 5.73 Å². The number of aliphatic hydroxyl groups is 1. The molecular weight excluding hydrogens is 248 g/mol. The summed E-state index contributed by atoms with van der Waals surface area (Å²) < 4.78 is 27.1. The lowest BCUT2D eigenvalue weighted by Crippen LogP contribution is -2.29. The Kier molecular flexibility index (Phi) is 4.24. The van der Waals surface area contributed by atoms with Gasteiger partial charge >= 0.3 is 0 Å². The first-order valence-electron chi connectivity index (χ1n) is 6.01. The molecule has 2 aromatic carbocycles. The van der Waals surface area contributed by atoms with Gasteiger partial charge in [-0.2, -0.15) is 0 Å². The number of benzene rings is 2. The van der Waals surface area contributed by atoms with Crippen LogP contribution in [0.4, 0.5) is 8.78 Å². The molecule has 0 radical (unpaired) electrons. The Balaban J connectivity index is 2.17. The standard InChI is InChI=1S/C15H15F2NO/c16-11-7-4-8-12(17)14(11)15(18)13(19)9-10-5-2-1-3-6-10/h1-8,13,15,19H,9,18H2/t13-,15-/m1/s1. The largest absolute Gasteiger partial charge is 0.391 e. The van der Waals surface area contributed by atoms with Crippen molar-refractivity contribution in [1.29, 1.82) is 0 Å². The molecule has 2 aromatic rings. The first-order chi connectivity index (χ1) is 9.09. The van der Waals surface area contributed by atoms with Gasteiger partial charge in [0.05, 0.1) is 12.1 Å². The van der Waals surface area contributed by atoms with E-state index in [9.17, 15) is 13.9 Å². The minimum Gasteiger partial charge on any atom is -0.391 e. The Morgan fingerprint density at radius 1 is 0.947 bits per heavy atom. The van der Waals surface area contributed by atoms with Gasteiger partial charge in [-0.25, -0.2) is 8.78 Å². The van der Waals surface area contributed by atoms with E-state index in [0.29, 0.717) is 0 Å². The number of halogens is 2. The molecule has 0 heterocycles. The normalized spacial score (nSPS) is 14.1. The van der Waals surface area contributed by atoms with Crippen molar-refractivity contribution in [3.8, 4) is 0 Å². The molecule has 0 saturated carbocycles. The third-order valence-corrected chi connectivity index (χ3v) is 3.04. The minimum atomic E-state index is -1.10. The van der Waals surface area contributed by atoms with E-state index in [0.717, 1.165) is 17.7 Å². The minimum absolute atomic E-state index is 0.246. The molecule has 0 amide bonds. The second kappa shape index (κ2) is 5.91. The molecule has 0 saturated heterocycles. The summed E-state index contributed by atoms with van der Waals surface area (Å²) in [4.78, 5) is 0. The summed E-state index contributed by atoms with van der Waals surface area (Å²) in [6.07, 6.45) is -0.802. The lowest BCUT2D eigenvalue weighted by molar-refractivity contribution is 0.141. The molecule has 2 nitrogen and oxygen atoms in total. The van der Waals surface area contributed by atoms with Crippen LogP contribution in [-0.4, -0.2) is 11.2 Å². The number of rotatable bonds is 4. The molecule has 0 aliphatic carbocycles. The van der Waals surface area contributed by atoms with Crippen LogP contribution in [0.3, 0.4) is 0 Å². The molecule has 3 N–H and O–H groups in total. The first kappa shape index (κ1) is 13.6. The number of hydrogen-bond donors (Lipinski definition) is 2. The summed E-state index contributed by atoms with van der Waals surface area (Å²) in [5.41, 5.74) is 6.35. The Morgan fingerprint density at radius 3 is 2.11 bits per heavy atom.